The summed E-state index contributed by atoms with van der Waals surface area (Å²) in [5.41, 5.74) is 1.58. The van der Waals surface area contributed by atoms with Crippen LogP contribution in [-0.4, -0.2) is 27.5 Å². The number of hydrogen-bond acceptors (Lipinski definition) is 7. The van der Waals surface area contributed by atoms with Gasteiger partial charge in [0, 0.05) is 23.5 Å². The van der Waals surface area contributed by atoms with Crippen LogP contribution in [0.2, 0.25) is 0 Å². The van der Waals surface area contributed by atoms with Crippen LogP contribution in [0.1, 0.15) is 10.4 Å². The first-order valence-corrected chi connectivity index (χ1v) is 11.3. The standard InChI is InChI=1S/C22H15FN4O4S2/c23-17-4-2-1-3-16(17)21(29)25-14-7-10-18-19(11-14)33-22(26-18)32-12-20(28)24-13-5-8-15(9-6-13)27(30)31/h1-11H,12H2,(H,24,28)(H,25,29). The number of thiazole rings is 1. The Morgan fingerprint density at radius 2 is 1.76 bits per heavy atom. The van der Waals surface area contributed by atoms with Crippen molar-refractivity contribution in [2.24, 2.45) is 0 Å². The topological polar surface area (TPSA) is 114 Å². The van der Waals surface area contributed by atoms with Gasteiger partial charge in [0.1, 0.15) is 5.82 Å². The number of benzene rings is 3. The molecule has 0 radical (unpaired) electrons. The molecule has 0 aliphatic carbocycles. The van der Waals surface area contributed by atoms with Gasteiger partial charge in [0.2, 0.25) is 5.91 Å². The minimum absolute atomic E-state index is 0.0443. The van der Waals surface area contributed by atoms with E-state index < -0.39 is 16.6 Å². The van der Waals surface area contributed by atoms with Crippen LogP contribution in [0.5, 0.6) is 0 Å². The van der Waals surface area contributed by atoms with Gasteiger partial charge in [-0.2, -0.15) is 0 Å². The van der Waals surface area contributed by atoms with Crippen LogP contribution < -0.4 is 10.6 Å². The second kappa shape index (κ2) is 9.76. The van der Waals surface area contributed by atoms with Crippen LogP contribution in [0.3, 0.4) is 0 Å². The summed E-state index contributed by atoms with van der Waals surface area (Å²) in [4.78, 5) is 39.2. The van der Waals surface area contributed by atoms with Crippen molar-refractivity contribution >= 4 is 62.2 Å². The molecule has 33 heavy (non-hydrogen) atoms. The molecule has 166 valence electrons. The third-order valence-corrected chi connectivity index (χ3v) is 6.59. The number of anilines is 2. The fourth-order valence-corrected chi connectivity index (χ4v) is 4.79. The zero-order valence-electron chi connectivity index (χ0n) is 16.8. The van der Waals surface area contributed by atoms with Gasteiger partial charge in [-0.05, 0) is 42.5 Å². The number of nitrogens with one attached hydrogen (secondary N) is 2. The molecule has 3 aromatic carbocycles. The molecule has 1 heterocycles. The first-order chi connectivity index (χ1) is 15.9. The number of nitrogens with zero attached hydrogens (tertiary/aromatic N) is 2. The molecule has 0 unspecified atom stereocenters. The number of halogens is 1. The highest BCUT2D eigenvalue weighted by Crippen LogP contribution is 2.31. The lowest BCUT2D eigenvalue weighted by Gasteiger charge is -2.05. The van der Waals surface area contributed by atoms with Crippen molar-refractivity contribution in [1.82, 2.24) is 4.98 Å². The van der Waals surface area contributed by atoms with E-state index in [1.54, 1.807) is 24.3 Å². The molecule has 1 aromatic heterocycles. The third-order valence-electron chi connectivity index (χ3n) is 4.43. The summed E-state index contributed by atoms with van der Waals surface area (Å²) >= 11 is 2.61. The smallest absolute Gasteiger partial charge is 0.269 e. The quantitative estimate of drug-likeness (QED) is 0.209. The molecule has 0 bridgehead atoms. The maximum Gasteiger partial charge on any atom is 0.269 e. The molecule has 0 aliphatic heterocycles. The molecule has 0 saturated heterocycles. The molecule has 0 spiro atoms. The van der Waals surface area contributed by atoms with E-state index in [0.717, 1.165) is 4.70 Å². The van der Waals surface area contributed by atoms with Crippen LogP contribution in [-0.2, 0) is 4.79 Å². The Morgan fingerprint density at radius 1 is 1.03 bits per heavy atom. The Labute approximate surface area is 195 Å². The van der Waals surface area contributed by atoms with E-state index in [9.17, 15) is 24.1 Å². The van der Waals surface area contributed by atoms with E-state index in [1.807, 2.05) is 0 Å². The summed E-state index contributed by atoms with van der Waals surface area (Å²) in [7, 11) is 0. The lowest BCUT2D eigenvalue weighted by atomic mass is 10.2. The van der Waals surface area contributed by atoms with Crippen molar-refractivity contribution in [2.45, 2.75) is 4.34 Å². The Bertz CT molecular complexity index is 1360. The van der Waals surface area contributed by atoms with Gasteiger partial charge in [0.05, 0.1) is 26.5 Å². The minimum atomic E-state index is -0.598. The summed E-state index contributed by atoms with van der Waals surface area (Å²) in [6.45, 7) is 0. The van der Waals surface area contributed by atoms with Gasteiger partial charge in [0.25, 0.3) is 11.6 Å². The van der Waals surface area contributed by atoms with E-state index >= 15 is 0 Å². The van der Waals surface area contributed by atoms with E-state index in [2.05, 4.69) is 15.6 Å². The predicted molar refractivity (Wildman–Crippen MR) is 126 cm³/mol. The molecule has 2 N–H and O–H groups in total. The summed E-state index contributed by atoms with van der Waals surface area (Å²) in [5, 5.41) is 16.0. The maximum atomic E-state index is 13.8. The zero-order chi connectivity index (χ0) is 23.4. The molecule has 4 aromatic rings. The van der Waals surface area contributed by atoms with Gasteiger partial charge in [-0.15, -0.1) is 11.3 Å². The van der Waals surface area contributed by atoms with Gasteiger partial charge in [0.15, 0.2) is 4.34 Å². The lowest BCUT2D eigenvalue weighted by Crippen LogP contribution is -2.13. The molecule has 0 saturated carbocycles. The Morgan fingerprint density at radius 3 is 2.48 bits per heavy atom. The summed E-state index contributed by atoms with van der Waals surface area (Å²) in [6, 6.07) is 16.5. The fraction of sp³-hybridized carbons (Fsp3) is 0.0455. The largest absolute Gasteiger partial charge is 0.325 e. The number of non-ortho nitro benzene ring substituents is 1. The second-order valence-electron chi connectivity index (χ2n) is 6.74. The number of carbonyl (C=O) groups is 2. The molecule has 0 atom stereocenters. The second-order valence-corrected chi connectivity index (χ2v) is 8.99. The third kappa shape index (κ3) is 5.51. The van der Waals surface area contributed by atoms with E-state index in [4.69, 9.17) is 0 Å². The molecule has 8 nitrogen and oxygen atoms in total. The number of hydrogen-bond donors (Lipinski definition) is 2. The number of thioether (sulfide) groups is 1. The summed E-state index contributed by atoms with van der Waals surface area (Å²) in [5.74, 6) is -1.31. The number of nitro groups is 1. The number of carbonyl (C=O) groups excluding carboxylic acids is 2. The molecule has 11 heteroatoms. The number of fused-ring (bicyclic) bond motifs is 1. The summed E-state index contributed by atoms with van der Waals surface area (Å²) in [6.07, 6.45) is 0. The molecular formula is C22H15FN4O4S2. The average Bonchev–Trinajstić information content (AvgIpc) is 3.20. The van der Waals surface area contributed by atoms with Gasteiger partial charge in [-0.1, -0.05) is 23.9 Å². The van der Waals surface area contributed by atoms with Crippen LogP contribution >= 0.6 is 23.1 Å². The van der Waals surface area contributed by atoms with Crippen molar-refractivity contribution in [2.75, 3.05) is 16.4 Å². The number of nitro benzene ring substituents is 1. The van der Waals surface area contributed by atoms with Crippen molar-refractivity contribution < 1.29 is 18.9 Å². The van der Waals surface area contributed by atoms with Crippen molar-refractivity contribution in [3.8, 4) is 0 Å². The Balaban J connectivity index is 1.37. The monoisotopic (exact) mass is 482 g/mol. The Kier molecular flexibility index (Phi) is 6.61. The lowest BCUT2D eigenvalue weighted by molar-refractivity contribution is -0.384. The highest BCUT2D eigenvalue weighted by atomic mass is 32.2. The van der Waals surface area contributed by atoms with Gasteiger partial charge in [-0.3, -0.25) is 19.7 Å². The fourth-order valence-electron chi connectivity index (χ4n) is 2.88. The van der Waals surface area contributed by atoms with Crippen molar-refractivity contribution in [3.05, 3.63) is 88.2 Å². The van der Waals surface area contributed by atoms with Gasteiger partial charge in [-0.25, -0.2) is 9.37 Å². The highest BCUT2D eigenvalue weighted by molar-refractivity contribution is 8.01. The number of aromatic nitrogens is 1. The zero-order valence-corrected chi connectivity index (χ0v) is 18.4. The first kappa shape index (κ1) is 22.4. The van der Waals surface area contributed by atoms with Crippen LogP contribution in [0.4, 0.5) is 21.5 Å². The SMILES string of the molecule is O=C(CSc1nc2ccc(NC(=O)c3ccccc3F)cc2s1)Nc1ccc([N+](=O)[O-])cc1. The van der Waals surface area contributed by atoms with Crippen molar-refractivity contribution in [1.29, 1.82) is 0 Å². The molecule has 4 rings (SSSR count). The molecule has 0 fully saturated rings. The maximum absolute atomic E-state index is 13.8. The predicted octanol–water partition coefficient (Wildman–Crippen LogP) is 5.33. The Hall–Kier alpha value is -3.83. The summed E-state index contributed by atoms with van der Waals surface area (Å²) < 4.78 is 15.3. The molecule has 0 aliphatic rings. The minimum Gasteiger partial charge on any atom is -0.325 e. The van der Waals surface area contributed by atoms with E-state index in [0.29, 0.717) is 21.2 Å². The molecule has 2 amide bonds. The van der Waals surface area contributed by atoms with Crippen LogP contribution in [0.15, 0.2) is 71.1 Å². The van der Waals surface area contributed by atoms with Gasteiger partial charge >= 0.3 is 0 Å². The number of amides is 2. The first-order valence-electron chi connectivity index (χ1n) is 9.52. The van der Waals surface area contributed by atoms with Crippen molar-refractivity contribution in [3.63, 3.8) is 0 Å². The average molecular weight is 483 g/mol. The van der Waals surface area contributed by atoms with Crippen LogP contribution in [0, 0.1) is 15.9 Å². The normalized spacial score (nSPS) is 10.7. The van der Waals surface area contributed by atoms with Crippen LogP contribution in [0.25, 0.3) is 10.2 Å². The van der Waals surface area contributed by atoms with E-state index in [-0.39, 0.29) is 22.9 Å². The molecular weight excluding hydrogens is 467 g/mol. The van der Waals surface area contributed by atoms with E-state index in [1.165, 1.54) is 65.6 Å². The van der Waals surface area contributed by atoms with Gasteiger partial charge < -0.3 is 10.6 Å². The number of rotatable bonds is 7. The highest BCUT2D eigenvalue weighted by Gasteiger charge is 2.13.